The Hall–Kier alpha value is -6.18. The molecular weight excluding hydrogens is 917 g/mol. The lowest BCUT2D eigenvalue weighted by Crippen LogP contribution is -2.36. The number of aromatic hydroxyl groups is 1. The van der Waals surface area contributed by atoms with E-state index < -0.39 is 0 Å². The highest BCUT2D eigenvalue weighted by atomic mass is 16.3. The summed E-state index contributed by atoms with van der Waals surface area (Å²) < 4.78 is 0. The van der Waals surface area contributed by atoms with Gasteiger partial charge in [-0.05, 0) is 154 Å². The predicted molar refractivity (Wildman–Crippen MR) is 341 cm³/mol. The Morgan fingerprint density at radius 1 is 0.474 bits per heavy atom. The van der Waals surface area contributed by atoms with Gasteiger partial charge in [0.15, 0.2) is 0 Å². The van der Waals surface area contributed by atoms with Crippen molar-refractivity contribution in [2.75, 3.05) is 0 Å². The first-order valence-electron chi connectivity index (χ1n) is 28.8. The number of fused-ring (bicyclic) bond motifs is 2. The van der Waals surface area contributed by atoms with Gasteiger partial charge in [0.05, 0.1) is 0 Å². The Kier molecular flexibility index (Phi) is 27.3. The van der Waals surface area contributed by atoms with Crippen molar-refractivity contribution < 1.29 is 5.11 Å². The van der Waals surface area contributed by atoms with Crippen molar-refractivity contribution in [1.82, 2.24) is 0 Å². The summed E-state index contributed by atoms with van der Waals surface area (Å²) in [5.41, 5.74) is 8.43. The van der Waals surface area contributed by atoms with Crippen molar-refractivity contribution in [3.8, 4) is 5.75 Å². The first-order chi connectivity index (χ1) is 36.3. The third-order valence-electron chi connectivity index (χ3n) is 15.8. The van der Waals surface area contributed by atoms with E-state index in [1.54, 1.807) is 0 Å². The van der Waals surface area contributed by atoms with Gasteiger partial charge in [-0.25, -0.2) is 0 Å². The molecule has 76 heavy (non-hydrogen) atoms. The molecule has 0 atom stereocenters. The maximum Gasteiger partial charge on any atom is 0.119 e. The first-order valence-corrected chi connectivity index (χ1v) is 28.8. The zero-order valence-corrected chi connectivity index (χ0v) is 49.8. The van der Waals surface area contributed by atoms with Gasteiger partial charge in [-0.15, -0.1) is 0 Å². The van der Waals surface area contributed by atoms with Crippen LogP contribution in [0.1, 0.15) is 182 Å². The van der Waals surface area contributed by atoms with Crippen LogP contribution in [0.25, 0.3) is 42.0 Å². The molecule has 4 aliphatic carbocycles. The van der Waals surface area contributed by atoms with Crippen LogP contribution in [0.15, 0.2) is 177 Å². The minimum atomic E-state index is 0.0151. The van der Waals surface area contributed by atoms with Crippen LogP contribution in [-0.4, -0.2) is 5.11 Å². The molecule has 10 rings (SSSR count). The molecule has 0 saturated heterocycles. The van der Waals surface area contributed by atoms with Gasteiger partial charge in [-0.3, -0.25) is 0 Å². The van der Waals surface area contributed by atoms with Crippen LogP contribution < -0.4 is 20.9 Å². The van der Waals surface area contributed by atoms with Gasteiger partial charge in [-0.1, -0.05) is 297 Å². The second-order valence-corrected chi connectivity index (χ2v) is 23.0. The molecule has 0 aliphatic heterocycles. The van der Waals surface area contributed by atoms with Crippen molar-refractivity contribution in [1.29, 1.82) is 0 Å². The second kappa shape index (κ2) is 32.4. The summed E-state index contributed by atoms with van der Waals surface area (Å²) in [4.78, 5) is 0. The van der Waals surface area contributed by atoms with E-state index >= 15 is 0 Å². The zero-order valence-electron chi connectivity index (χ0n) is 49.8. The van der Waals surface area contributed by atoms with Gasteiger partial charge in [0, 0.05) is 5.56 Å². The van der Waals surface area contributed by atoms with Crippen LogP contribution >= 0.6 is 0 Å². The van der Waals surface area contributed by atoms with Crippen molar-refractivity contribution in [2.24, 2.45) is 22.7 Å². The van der Waals surface area contributed by atoms with E-state index in [0.717, 1.165) is 24.3 Å². The zero-order chi connectivity index (χ0) is 56.2. The van der Waals surface area contributed by atoms with Gasteiger partial charge in [0.1, 0.15) is 5.75 Å². The molecule has 4 aliphatic rings. The molecule has 0 unspecified atom stereocenters. The summed E-state index contributed by atoms with van der Waals surface area (Å²) in [5.74, 6) is 1.87. The normalized spacial score (nSPS) is 15.4. The Balaban J connectivity index is 0.000000264. The molecule has 1 N–H and O–H groups in total. The highest BCUT2D eigenvalue weighted by Gasteiger charge is 2.41. The smallest absolute Gasteiger partial charge is 0.119 e. The van der Waals surface area contributed by atoms with Crippen LogP contribution in [0.4, 0.5) is 0 Å². The molecule has 2 saturated carbocycles. The molecule has 6 aromatic rings. The fraction of sp³-hybridized carbons (Fsp3) is 0.387. The van der Waals surface area contributed by atoms with Crippen molar-refractivity contribution in [3.05, 3.63) is 226 Å². The topological polar surface area (TPSA) is 20.2 Å². The number of allylic oxidation sites excluding steroid dienone is 1. The number of phenols is 1. The third-order valence-corrected chi connectivity index (χ3v) is 15.8. The molecular formula is C75H100O. The lowest BCUT2D eigenvalue weighted by molar-refractivity contribution is 0.138. The minimum Gasteiger partial charge on any atom is -0.508 e. The molecule has 1 heteroatoms. The van der Waals surface area contributed by atoms with E-state index in [9.17, 15) is 5.11 Å². The van der Waals surface area contributed by atoms with Crippen molar-refractivity contribution in [3.63, 3.8) is 0 Å². The summed E-state index contributed by atoms with van der Waals surface area (Å²) >= 11 is 0. The van der Waals surface area contributed by atoms with Gasteiger partial charge >= 0.3 is 0 Å². The van der Waals surface area contributed by atoms with Crippen LogP contribution in [0.5, 0.6) is 5.75 Å². The van der Waals surface area contributed by atoms with Crippen LogP contribution in [0.2, 0.25) is 0 Å². The minimum absolute atomic E-state index is 0.0151. The number of hydrogen-bond acceptors (Lipinski definition) is 1. The molecule has 406 valence electrons. The summed E-state index contributed by atoms with van der Waals surface area (Å²) in [6.45, 7) is 40.3. The van der Waals surface area contributed by atoms with Crippen LogP contribution in [-0.2, 0) is 10.8 Å². The summed E-state index contributed by atoms with van der Waals surface area (Å²) in [5, 5.41) is 16.4. The van der Waals surface area contributed by atoms with Crippen LogP contribution in [0.3, 0.4) is 0 Å². The molecule has 0 radical (unpaired) electrons. The third kappa shape index (κ3) is 20.7. The highest BCUT2D eigenvalue weighted by molar-refractivity contribution is 5.60. The molecule has 6 aromatic carbocycles. The van der Waals surface area contributed by atoms with E-state index in [1.807, 2.05) is 132 Å². The summed E-state index contributed by atoms with van der Waals surface area (Å²) in [7, 11) is 0. The number of phenolic OH excluding ortho intramolecular Hbond substituents is 1. The molecule has 2 fully saturated rings. The Bertz CT molecular complexity index is 2680. The highest BCUT2D eigenvalue weighted by Crippen LogP contribution is 2.51. The fourth-order valence-electron chi connectivity index (χ4n) is 10.4. The summed E-state index contributed by atoms with van der Waals surface area (Å²) in [6.07, 6.45) is 25.3. The lowest BCUT2D eigenvalue weighted by Gasteiger charge is -2.44. The van der Waals surface area contributed by atoms with Crippen molar-refractivity contribution >= 4 is 42.0 Å². The van der Waals surface area contributed by atoms with E-state index in [-0.39, 0.29) is 10.8 Å². The molecule has 0 bridgehead atoms. The number of rotatable bonds is 7. The van der Waals surface area contributed by atoms with E-state index in [0.29, 0.717) is 22.5 Å². The molecule has 0 heterocycles. The van der Waals surface area contributed by atoms with Crippen LogP contribution in [0, 0.1) is 22.7 Å². The average Bonchev–Trinajstić information content (AvgIpc) is 4.14. The number of benzene rings is 6. The van der Waals surface area contributed by atoms with Gasteiger partial charge in [0.2, 0.25) is 0 Å². The first kappa shape index (κ1) is 64.1. The monoisotopic (exact) mass is 1020 g/mol. The molecule has 0 amide bonds. The maximum atomic E-state index is 10.8. The van der Waals surface area contributed by atoms with E-state index in [1.165, 1.54) is 100 Å². The Morgan fingerprint density at radius 3 is 1.09 bits per heavy atom. The lowest BCUT2D eigenvalue weighted by atomic mass is 9.60. The van der Waals surface area contributed by atoms with Crippen molar-refractivity contribution in [2.45, 2.75) is 165 Å². The maximum absolute atomic E-state index is 10.8. The Labute approximate surface area is 464 Å². The average molecular weight is 1020 g/mol. The fourth-order valence-corrected chi connectivity index (χ4v) is 10.4. The van der Waals surface area contributed by atoms with E-state index in [4.69, 9.17) is 0 Å². The molecule has 1 nitrogen and oxygen atoms in total. The largest absolute Gasteiger partial charge is 0.508 e. The van der Waals surface area contributed by atoms with Gasteiger partial charge < -0.3 is 5.11 Å². The molecule has 0 aromatic heterocycles. The van der Waals surface area contributed by atoms with Gasteiger partial charge in [-0.2, -0.15) is 0 Å². The van der Waals surface area contributed by atoms with Gasteiger partial charge in [0.25, 0.3) is 0 Å². The second-order valence-electron chi connectivity index (χ2n) is 23.0. The SMILES string of the molecule is C1=c2ccccc2=CC1.C1=c2ccccc2=CC1.C=C(C)c1ccccc1.C=Cc1ccccc1.C=Cc1ccccc1.CC.CC.CC1(C)CCC(C(C)(C)c2ccc(O)c(C(C)(C)C3CCC(C)(C)CC3)c2)CC1. The Morgan fingerprint density at radius 2 is 0.789 bits per heavy atom. The predicted octanol–water partition coefficient (Wildman–Crippen LogP) is 19.1. The molecule has 0 spiro atoms. The summed E-state index contributed by atoms with van der Waals surface area (Å²) in [6, 6.07) is 53.7. The standard InChI is InChI=1S/C28H46O.2C9H8.C9H10.2C8H8.2C2H6/c1-25(2)15-11-20(12-16-25)27(5,6)22-9-10-24(29)23(19-22)28(7,8)21-13-17-26(3,4)18-14-21;2*1-2-5-9-7-3-6-8(9)4-1;1-8(2)9-6-4-3-5-7-9;2*1-2-8-6-4-3-5-7-8;2*1-2/h9-10,19-21,29H,11-18H2,1-8H3;2*1-2,4-7H,3H2;3-7H,1H2,2H3;2*2-7H,1H2;2*1-2H3. The van der Waals surface area contributed by atoms with E-state index in [2.05, 4.69) is 172 Å². The quantitative estimate of drug-likeness (QED) is 0.169. The number of hydrogen-bond donors (Lipinski definition) is 1.